The number of fused-ring (bicyclic) bond motifs is 1. The molecule has 0 bridgehead atoms. The molecule has 0 atom stereocenters. The number of halogens is 1. The summed E-state index contributed by atoms with van der Waals surface area (Å²) in [6.07, 6.45) is 1.78. The lowest BCUT2D eigenvalue weighted by atomic mass is 10.1. The fraction of sp³-hybridized carbons (Fsp3) is 0.188. The second-order valence-corrected chi connectivity index (χ2v) is 5.42. The highest BCUT2D eigenvalue weighted by Crippen LogP contribution is 2.32. The lowest BCUT2D eigenvalue weighted by Crippen LogP contribution is -1.85. The Morgan fingerprint density at radius 2 is 2.00 bits per heavy atom. The van der Waals surface area contributed by atoms with Gasteiger partial charge in [0.1, 0.15) is 0 Å². The van der Waals surface area contributed by atoms with Crippen LogP contribution in [0.25, 0.3) is 22.2 Å². The SMILES string of the molecule is CC(C)c1cc2cc(Cl)c(-c3ccccn3)cc2[nH]1. The van der Waals surface area contributed by atoms with E-state index in [1.54, 1.807) is 6.20 Å². The van der Waals surface area contributed by atoms with Gasteiger partial charge in [-0.2, -0.15) is 0 Å². The lowest BCUT2D eigenvalue weighted by molar-refractivity contribution is 0.836. The normalized spacial score (nSPS) is 11.4. The number of H-pyrrole nitrogens is 1. The van der Waals surface area contributed by atoms with Crippen LogP contribution >= 0.6 is 11.6 Å². The summed E-state index contributed by atoms with van der Waals surface area (Å²) < 4.78 is 0. The molecule has 1 aromatic carbocycles. The minimum absolute atomic E-state index is 0.476. The summed E-state index contributed by atoms with van der Waals surface area (Å²) in [6, 6.07) is 12.1. The van der Waals surface area contributed by atoms with Crippen LogP contribution in [0, 0.1) is 0 Å². The summed E-state index contributed by atoms with van der Waals surface area (Å²) in [5.74, 6) is 0.476. The highest BCUT2D eigenvalue weighted by atomic mass is 35.5. The van der Waals surface area contributed by atoms with Crippen molar-refractivity contribution in [2.24, 2.45) is 0 Å². The predicted octanol–water partition coefficient (Wildman–Crippen LogP) is 5.01. The first-order chi connectivity index (χ1) is 9.15. The average molecular weight is 271 g/mol. The van der Waals surface area contributed by atoms with Crippen molar-refractivity contribution in [1.82, 2.24) is 9.97 Å². The second-order valence-electron chi connectivity index (χ2n) is 5.01. The van der Waals surface area contributed by atoms with Crippen molar-refractivity contribution in [3.63, 3.8) is 0 Å². The molecule has 0 fully saturated rings. The third-order valence-corrected chi connectivity index (χ3v) is 3.60. The Labute approximate surface area is 117 Å². The van der Waals surface area contributed by atoms with Gasteiger partial charge in [-0.15, -0.1) is 0 Å². The zero-order valence-electron chi connectivity index (χ0n) is 10.9. The standard InChI is InChI=1S/C16H15ClN2/c1-10(2)15-8-11-7-13(17)12(9-16(11)19-15)14-5-3-4-6-18-14/h3-10,19H,1-2H3. The number of rotatable bonds is 2. The first-order valence-corrected chi connectivity index (χ1v) is 6.76. The Bertz CT molecular complexity index is 714. The molecule has 0 unspecified atom stereocenters. The van der Waals surface area contributed by atoms with E-state index in [2.05, 4.69) is 35.9 Å². The fourth-order valence-corrected chi connectivity index (χ4v) is 2.47. The van der Waals surface area contributed by atoms with Gasteiger partial charge in [0.2, 0.25) is 0 Å². The van der Waals surface area contributed by atoms with E-state index in [0.717, 1.165) is 27.2 Å². The lowest BCUT2D eigenvalue weighted by Gasteiger charge is -2.03. The summed E-state index contributed by atoms with van der Waals surface area (Å²) in [5, 5.41) is 1.88. The van der Waals surface area contributed by atoms with Crippen LogP contribution in [0.15, 0.2) is 42.6 Å². The largest absolute Gasteiger partial charge is 0.358 e. The molecule has 3 rings (SSSR count). The van der Waals surface area contributed by atoms with Gasteiger partial charge >= 0.3 is 0 Å². The molecule has 0 saturated heterocycles. The third kappa shape index (κ3) is 2.24. The number of nitrogens with zero attached hydrogens (tertiary/aromatic N) is 1. The van der Waals surface area contributed by atoms with Crippen LogP contribution in [-0.4, -0.2) is 9.97 Å². The number of hydrogen-bond donors (Lipinski definition) is 1. The number of benzene rings is 1. The molecule has 96 valence electrons. The van der Waals surface area contributed by atoms with E-state index in [9.17, 15) is 0 Å². The second kappa shape index (κ2) is 4.71. The van der Waals surface area contributed by atoms with Gasteiger partial charge in [-0.1, -0.05) is 31.5 Å². The molecule has 2 heterocycles. The van der Waals surface area contributed by atoms with E-state index < -0.39 is 0 Å². The van der Waals surface area contributed by atoms with Crippen LogP contribution in [0.5, 0.6) is 0 Å². The number of pyridine rings is 1. The van der Waals surface area contributed by atoms with E-state index in [-0.39, 0.29) is 0 Å². The van der Waals surface area contributed by atoms with Crippen LogP contribution in [0.2, 0.25) is 5.02 Å². The van der Waals surface area contributed by atoms with Crippen molar-refractivity contribution in [2.45, 2.75) is 19.8 Å². The van der Waals surface area contributed by atoms with E-state index in [4.69, 9.17) is 11.6 Å². The topological polar surface area (TPSA) is 28.7 Å². The van der Waals surface area contributed by atoms with Gasteiger partial charge < -0.3 is 4.98 Å². The Hall–Kier alpha value is -1.80. The van der Waals surface area contributed by atoms with Crippen molar-refractivity contribution >= 4 is 22.5 Å². The molecular formula is C16H15ClN2. The van der Waals surface area contributed by atoms with Gasteiger partial charge in [-0.25, -0.2) is 0 Å². The molecular weight excluding hydrogens is 256 g/mol. The predicted molar refractivity (Wildman–Crippen MR) is 80.6 cm³/mol. The van der Waals surface area contributed by atoms with Crippen molar-refractivity contribution in [2.75, 3.05) is 0 Å². The molecule has 0 aliphatic carbocycles. The molecule has 2 nitrogen and oxygen atoms in total. The summed E-state index contributed by atoms with van der Waals surface area (Å²) in [4.78, 5) is 7.81. The third-order valence-electron chi connectivity index (χ3n) is 3.29. The van der Waals surface area contributed by atoms with Gasteiger partial charge in [0, 0.05) is 28.4 Å². The van der Waals surface area contributed by atoms with E-state index in [0.29, 0.717) is 5.92 Å². The van der Waals surface area contributed by atoms with Gasteiger partial charge in [-0.3, -0.25) is 4.98 Å². The molecule has 0 aliphatic rings. The summed E-state index contributed by atoms with van der Waals surface area (Å²) in [7, 11) is 0. The highest BCUT2D eigenvalue weighted by Gasteiger charge is 2.10. The molecule has 0 amide bonds. The van der Waals surface area contributed by atoms with Crippen LogP contribution in [0.4, 0.5) is 0 Å². The Kier molecular flexibility index (Phi) is 3.03. The average Bonchev–Trinajstić information content (AvgIpc) is 2.82. The van der Waals surface area contributed by atoms with Crippen molar-refractivity contribution in [1.29, 1.82) is 0 Å². The Morgan fingerprint density at radius 1 is 1.16 bits per heavy atom. The van der Waals surface area contributed by atoms with Gasteiger partial charge in [0.05, 0.1) is 10.7 Å². The molecule has 0 saturated carbocycles. The molecule has 1 N–H and O–H groups in total. The zero-order chi connectivity index (χ0) is 13.4. The molecule has 0 aliphatic heterocycles. The number of hydrogen-bond acceptors (Lipinski definition) is 1. The summed E-state index contributed by atoms with van der Waals surface area (Å²) in [5.41, 5.74) is 4.19. The van der Waals surface area contributed by atoms with Crippen LogP contribution in [0.3, 0.4) is 0 Å². The maximum Gasteiger partial charge on any atom is 0.0717 e. The fourth-order valence-electron chi connectivity index (χ4n) is 2.20. The highest BCUT2D eigenvalue weighted by molar-refractivity contribution is 6.34. The smallest absolute Gasteiger partial charge is 0.0717 e. The monoisotopic (exact) mass is 270 g/mol. The Balaban J connectivity index is 2.19. The quantitative estimate of drug-likeness (QED) is 0.697. The minimum Gasteiger partial charge on any atom is -0.358 e. The maximum absolute atomic E-state index is 6.37. The van der Waals surface area contributed by atoms with Crippen LogP contribution < -0.4 is 0 Å². The summed E-state index contributed by atoms with van der Waals surface area (Å²) >= 11 is 6.37. The molecule has 2 aromatic heterocycles. The molecule has 19 heavy (non-hydrogen) atoms. The van der Waals surface area contributed by atoms with E-state index >= 15 is 0 Å². The molecule has 0 radical (unpaired) electrons. The van der Waals surface area contributed by atoms with Crippen molar-refractivity contribution in [3.05, 3.63) is 53.3 Å². The Morgan fingerprint density at radius 3 is 2.68 bits per heavy atom. The molecule has 3 aromatic rings. The first kappa shape index (κ1) is 12.2. The van der Waals surface area contributed by atoms with E-state index in [1.807, 2.05) is 24.3 Å². The van der Waals surface area contributed by atoms with E-state index in [1.165, 1.54) is 5.69 Å². The van der Waals surface area contributed by atoms with Gasteiger partial charge in [0.15, 0.2) is 0 Å². The van der Waals surface area contributed by atoms with Crippen LogP contribution in [-0.2, 0) is 0 Å². The number of aromatic amines is 1. The number of nitrogens with one attached hydrogen (secondary N) is 1. The summed E-state index contributed by atoms with van der Waals surface area (Å²) in [6.45, 7) is 4.35. The number of aromatic nitrogens is 2. The van der Waals surface area contributed by atoms with Crippen molar-refractivity contribution in [3.8, 4) is 11.3 Å². The maximum atomic E-state index is 6.37. The van der Waals surface area contributed by atoms with Crippen molar-refractivity contribution < 1.29 is 0 Å². The van der Waals surface area contributed by atoms with Crippen LogP contribution in [0.1, 0.15) is 25.5 Å². The zero-order valence-corrected chi connectivity index (χ0v) is 11.7. The van der Waals surface area contributed by atoms with Gasteiger partial charge in [0.25, 0.3) is 0 Å². The molecule has 0 spiro atoms. The molecule has 3 heteroatoms. The van der Waals surface area contributed by atoms with Gasteiger partial charge in [-0.05, 0) is 36.2 Å². The first-order valence-electron chi connectivity index (χ1n) is 6.38. The minimum atomic E-state index is 0.476.